The van der Waals surface area contributed by atoms with Crippen molar-refractivity contribution in [1.29, 1.82) is 0 Å². The average molecular weight is 379 g/mol. The van der Waals surface area contributed by atoms with Gasteiger partial charge in [-0.3, -0.25) is 4.79 Å². The number of aryl methyl sites for hydroxylation is 3. The van der Waals surface area contributed by atoms with Gasteiger partial charge < -0.3 is 17.6 Å². The molecule has 5 nitrogen and oxygen atoms in total. The third-order valence-corrected chi connectivity index (χ3v) is 4.62. The van der Waals surface area contributed by atoms with E-state index in [4.69, 9.17) is 5.11 Å². The SMILES string of the molecule is CCCCCc1c(CCC(=O)O)c2cc(C)c(C(=O)O)cc2n1C.[H-].[H-].[Na+].[Na+]. The number of carboxylic acids is 2. The Morgan fingerprint density at radius 2 is 1.77 bits per heavy atom. The number of nitrogens with zero attached hydrogens (tertiary/aromatic N) is 1. The van der Waals surface area contributed by atoms with Gasteiger partial charge in [-0.2, -0.15) is 0 Å². The first-order chi connectivity index (χ1) is 11.4. The molecule has 0 amide bonds. The average Bonchev–Trinajstić information content (AvgIpc) is 2.76. The maximum absolute atomic E-state index is 11.4. The molecule has 0 saturated carbocycles. The molecule has 2 rings (SSSR count). The maximum atomic E-state index is 11.4. The number of hydrogen-bond acceptors (Lipinski definition) is 2. The first kappa shape index (κ1) is 25.7. The molecule has 0 saturated heterocycles. The summed E-state index contributed by atoms with van der Waals surface area (Å²) in [7, 11) is 1.94. The van der Waals surface area contributed by atoms with E-state index in [0.29, 0.717) is 17.5 Å². The van der Waals surface area contributed by atoms with E-state index in [2.05, 4.69) is 6.92 Å². The minimum atomic E-state index is -0.935. The summed E-state index contributed by atoms with van der Waals surface area (Å²) in [6.45, 7) is 3.93. The third kappa shape index (κ3) is 5.85. The predicted molar refractivity (Wildman–Crippen MR) is 96.0 cm³/mol. The Kier molecular flexibility index (Phi) is 11.4. The van der Waals surface area contributed by atoms with Crippen LogP contribution in [0.25, 0.3) is 10.9 Å². The number of unbranched alkanes of at least 4 members (excludes halogenated alkanes) is 2. The van der Waals surface area contributed by atoms with Crippen LogP contribution in [0.1, 0.15) is 62.6 Å². The summed E-state index contributed by atoms with van der Waals surface area (Å²) in [6, 6.07) is 3.60. The van der Waals surface area contributed by atoms with Crippen LogP contribution in [0.5, 0.6) is 0 Å². The molecule has 2 aromatic rings. The van der Waals surface area contributed by atoms with E-state index in [1.165, 1.54) is 0 Å². The van der Waals surface area contributed by atoms with Crippen molar-refractivity contribution in [3.8, 4) is 0 Å². The molecule has 0 fully saturated rings. The quantitative estimate of drug-likeness (QED) is 0.418. The van der Waals surface area contributed by atoms with Crippen LogP contribution in [-0.2, 0) is 24.7 Å². The summed E-state index contributed by atoms with van der Waals surface area (Å²) in [4.78, 5) is 22.4. The number of aliphatic carboxylic acids is 1. The number of hydrogen-bond donors (Lipinski definition) is 2. The number of fused-ring (bicyclic) bond motifs is 1. The van der Waals surface area contributed by atoms with Crippen molar-refractivity contribution in [2.45, 2.75) is 52.4 Å². The van der Waals surface area contributed by atoms with Crippen LogP contribution in [0.3, 0.4) is 0 Å². The van der Waals surface area contributed by atoms with Crippen molar-refractivity contribution in [1.82, 2.24) is 4.57 Å². The Bertz CT molecular complexity index is 794. The van der Waals surface area contributed by atoms with Gasteiger partial charge in [-0.1, -0.05) is 19.8 Å². The van der Waals surface area contributed by atoms with E-state index in [0.717, 1.165) is 47.8 Å². The Labute approximate surface area is 201 Å². The van der Waals surface area contributed by atoms with Gasteiger partial charge in [0.25, 0.3) is 0 Å². The van der Waals surface area contributed by atoms with E-state index < -0.39 is 11.9 Å². The minimum Gasteiger partial charge on any atom is -1.00 e. The van der Waals surface area contributed by atoms with Crippen LogP contribution in [0, 0.1) is 6.92 Å². The molecule has 0 radical (unpaired) electrons. The van der Waals surface area contributed by atoms with Crippen LogP contribution in [-0.4, -0.2) is 26.7 Å². The Hall–Kier alpha value is -0.300. The van der Waals surface area contributed by atoms with Gasteiger partial charge in [-0.15, -0.1) is 0 Å². The molecule has 0 atom stereocenters. The van der Waals surface area contributed by atoms with Gasteiger partial charge in [-0.05, 0) is 49.4 Å². The fourth-order valence-electron chi connectivity index (χ4n) is 3.32. The standard InChI is InChI=1S/C19H25NO4.2Na.2H/c1-4-5-6-7-16-13(8-9-18(21)22)15-10-12(2)14(19(23)24)11-17(15)20(16)3;;;;/h10-11H,4-9H2,1-3H3,(H,21,22)(H,23,24);;;;/q;2*+1;2*-1. The van der Waals surface area contributed by atoms with Crippen molar-refractivity contribution < 1.29 is 81.8 Å². The van der Waals surface area contributed by atoms with Crippen LogP contribution in [0.2, 0.25) is 0 Å². The first-order valence-electron chi connectivity index (χ1n) is 8.42. The fraction of sp³-hybridized carbons (Fsp3) is 0.474. The second-order valence-corrected chi connectivity index (χ2v) is 6.32. The molecule has 1 aromatic carbocycles. The molecule has 0 aliphatic heterocycles. The summed E-state index contributed by atoms with van der Waals surface area (Å²) in [5, 5.41) is 19.4. The van der Waals surface area contributed by atoms with Gasteiger partial charge in [0.05, 0.1) is 5.56 Å². The second kappa shape index (κ2) is 11.5. The van der Waals surface area contributed by atoms with E-state index in [1.807, 2.05) is 17.7 Å². The Morgan fingerprint density at radius 1 is 1.12 bits per heavy atom. The van der Waals surface area contributed by atoms with Crippen LogP contribution < -0.4 is 59.1 Å². The largest absolute Gasteiger partial charge is 1.00 e. The van der Waals surface area contributed by atoms with Crippen LogP contribution in [0.15, 0.2) is 12.1 Å². The second-order valence-electron chi connectivity index (χ2n) is 6.32. The Morgan fingerprint density at radius 3 is 2.31 bits per heavy atom. The summed E-state index contributed by atoms with van der Waals surface area (Å²) in [6.07, 6.45) is 4.73. The van der Waals surface area contributed by atoms with E-state index in [9.17, 15) is 14.7 Å². The van der Waals surface area contributed by atoms with Gasteiger partial charge in [0.2, 0.25) is 0 Å². The van der Waals surface area contributed by atoms with Crippen LogP contribution >= 0.6 is 0 Å². The van der Waals surface area contributed by atoms with E-state index in [-0.39, 0.29) is 68.4 Å². The van der Waals surface area contributed by atoms with Gasteiger partial charge >= 0.3 is 71.1 Å². The fourth-order valence-corrected chi connectivity index (χ4v) is 3.32. The van der Waals surface area contributed by atoms with Gasteiger partial charge in [0.15, 0.2) is 0 Å². The minimum absolute atomic E-state index is 0. The molecule has 0 spiro atoms. The molecule has 0 aliphatic rings. The van der Waals surface area contributed by atoms with Crippen molar-refractivity contribution in [2.75, 3.05) is 0 Å². The molecular weight excluding hydrogens is 352 g/mol. The number of carboxylic acid groups (broad SMARTS) is 2. The number of aromatic nitrogens is 1. The summed E-state index contributed by atoms with van der Waals surface area (Å²) in [5.41, 5.74) is 4.04. The number of rotatable bonds is 8. The molecule has 0 unspecified atom stereocenters. The zero-order valence-corrected chi connectivity index (χ0v) is 20.6. The summed E-state index contributed by atoms with van der Waals surface area (Å²) in [5.74, 6) is -1.75. The molecular formula is C19H27NNa2O4. The normalized spacial score (nSPS) is 10.3. The van der Waals surface area contributed by atoms with Gasteiger partial charge in [0.1, 0.15) is 0 Å². The topological polar surface area (TPSA) is 79.5 Å². The predicted octanol–water partition coefficient (Wildman–Crippen LogP) is -1.83. The molecule has 1 heterocycles. The van der Waals surface area contributed by atoms with Crippen molar-refractivity contribution in [3.05, 3.63) is 34.5 Å². The Balaban J connectivity index is -0.00000156. The molecule has 134 valence electrons. The smallest absolute Gasteiger partial charge is 1.00 e. The van der Waals surface area contributed by atoms with E-state index >= 15 is 0 Å². The van der Waals surface area contributed by atoms with Gasteiger partial charge in [0, 0.05) is 30.1 Å². The molecule has 26 heavy (non-hydrogen) atoms. The van der Waals surface area contributed by atoms with Crippen molar-refractivity contribution in [3.63, 3.8) is 0 Å². The zero-order chi connectivity index (χ0) is 17.9. The summed E-state index contributed by atoms with van der Waals surface area (Å²) >= 11 is 0. The van der Waals surface area contributed by atoms with Crippen molar-refractivity contribution >= 4 is 22.8 Å². The van der Waals surface area contributed by atoms with Gasteiger partial charge in [-0.25, -0.2) is 4.79 Å². The zero-order valence-electron chi connectivity index (χ0n) is 18.6. The summed E-state index contributed by atoms with van der Waals surface area (Å²) < 4.78 is 2.04. The molecule has 2 N–H and O–H groups in total. The molecule has 1 aromatic heterocycles. The molecule has 7 heteroatoms. The molecule has 0 bridgehead atoms. The van der Waals surface area contributed by atoms with Crippen molar-refractivity contribution in [2.24, 2.45) is 7.05 Å². The monoisotopic (exact) mass is 379 g/mol. The molecule has 0 aliphatic carbocycles. The first-order valence-corrected chi connectivity index (χ1v) is 8.42. The number of carbonyl (C=O) groups is 2. The maximum Gasteiger partial charge on any atom is 1.00 e. The third-order valence-electron chi connectivity index (χ3n) is 4.62. The number of benzene rings is 1. The number of aromatic carboxylic acids is 1. The van der Waals surface area contributed by atoms with Crippen LogP contribution in [0.4, 0.5) is 0 Å². The van der Waals surface area contributed by atoms with E-state index in [1.54, 1.807) is 13.0 Å².